The molecule has 2 aromatic rings. The van der Waals surface area contributed by atoms with Crippen LogP contribution in [0.15, 0.2) is 23.2 Å². The summed E-state index contributed by atoms with van der Waals surface area (Å²) < 4.78 is 43.5. The van der Waals surface area contributed by atoms with Crippen molar-refractivity contribution >= 4 is 21.4 Å². The summed E-state index contributed by atoms with van der Waals surface area (Å²) in [5.41, 5.74) is 0.740. The highest BCUT2D eigenvalue weighted by Crippen LogP contribution is 2.41. The quantitative estimate of drug-likeness (QED) is 0.844. The molecule has 1 N–H and O–H groups in total. The first-order valence-electron chi connectivity index (χ1n) is 7.98. The van der Waals surface area contributed by atoms with Crippen molar-refractivity contribution in [3.63, 3.8) is 0 Å². The fourth-order valence-corrected chi connectivity index (χ4v) is 4.05. The number of imidazole rings is 1. The van der Waals surface area contributed by atoms with E-state index < -0.39 is 21.8 Å². The molecule has 1 aliphatic carbocycles. The van der Waals surface area contributed by atoms with E-state index in [4.69, 9.17) is 16.3 Å². The van der Waals surface area contributed by atoms with E-state index in [-0.39, 0.29) is 15.6 Å². The Morgan fingerprint density at radius 1 is 1.40 bits per heavy atom. The van der Waals surface area contributed by atoms with Crippen molar-refractivity contribution in [2.24, 2.45) is 0 Å². The van der Waals surface area contributed by atoms with Crippen LogP contribution in [-0.2, 0) is 14.6 Å². The van der Waals surface area contributed by atoms with Crippen molar-refractivity contribution in [2.45, 2.75) is 49.8 Å². The molecule has 8 heteroatoms. The first-order valence-corrected chi connectivity index (χ1v) is 10.3. The second-order valence-electron chi connectivity index (χ2n) is 6.80. The molecule has 0 spiro atoms. The molecule has 0 aliphatic heterocycles. The van der Waals surface area contributed by atoms with Crippen LogP contribution in [0.1, 0.15) is 49.4 Å². The van der Waals surface area contributed by atoms with Gasteiger partial charge in [0.05, 0.1) is 16.3 Å². The number of aryl methyl sites for hydroxylation is 1. The van der Waals surface area contributed by atoms with Gasteiger partial charge in [-0.1, -0.05) is 17.7 Å². The highest BCUT2D eigenvalue weighted by Gasteiger charge is 2.37. The number of hydrogen-bond donors (Lipinski definition) is 1. The third kappa shape index (κ3) is 3.73. The van der Waals surface area contributed by atoms with Gasteiger partial charge in [0.1, 0.15) is 17.7 Å². The summed E-state index contributed by atoms with van der Waals surface area (Å²) in [6.45, 7) is 3.65. The van der Waals surface area contributed by atoms with Crippen molar-refractivity contribution in [2.75, 3.05) is 6.26 Å². The van der Waals surface area contributed by atoms with Crippen molar-refractivity contribution in [3.05, 3.63) is 46.1 Å². The molecule has 0 amide bonds. The normalized spacial score (nSPS) is 18.0. The van der Waals surface area contributed by atoms with Crippen LogP contribution in [0.5, 0.6) is 0 Å². The maximum absolute atomic E-state index is 13.5. The van der Waals surface area contributed by atoms with Gasteiger partial charge in [0.15, 0.2) is 14.9 Å². The lowest BCUT2D eigenvalue weighted by Crippen LogP contribution is -2.38. The third-order valence-electron chi connectivity index (χ3n) is 4.52. The number of nitrogens with one attached hydrogen (secondary N) is 1. The number of ether oxygens (including phenoxy) is 1. The molecule has 0 radical (unpaired) electrons. The lowest BCUT2D eigenvalue weighted by atomic mass is 9.81. The zero-order valence-electron chi connectivity index (χ0n) is 14.3. The predicted octanol–water partition coefficient (Wildman–Crippen LogP) is 3.96. The molecular formula is C17H20ClFN2O3S. The number of sulfone groups is 1. The summed E-state index contributed by atoms with van der Waals surface area (Å²) in [5, 5.41) is -0.0282. The maximum atomic E-state index is 13.5. The van der Waals surface area contributed by atoms with E-state index in [0.29, 0.717) is 17.1 Å². The second-order valence-corrected chi connectivity index (χ2v) is 9.14. The Balaban J connectivity index is 2.06. The molecule has 1 aliphatic rings. The monoisotopic (exact) mass is 386 g/mol. The summed E-state index contributed by atoms with van der Waals surface area (Å²) in [7, 11) is -3.46. The van der Waals surface area contributed by atoms with Crippen LogP contribution in [0, 0.1) is 12.7 Å². The van der Waals surface area contributed by atoms with Crippen LogP contribution in [0.25, 0.3) is 0 Å². The zero-order chi connectivity index (χ0) is 18.4. The van der Waals surface area contributed by atoms with Gasteiger partial charge < -0.3 is 9.72 Å². The number of H-pyrrole nitrogens is 1. The number of nitrogens with zero attached hydrogens (tertiary/aromatic N) is 1. The highest BCUT2D eigenvalue weighted by molar-refractivity contribution is 7.90. The van der Waals surface area contributed by atoms with Crippen molar-refractivity contribution in [1.82, 2.24) is 9.97 Å². The molecule has 1 aromatic carbocycles. The van der Waals surface area contributed by atoms with Gasteiger partial charge >= 0.3 is 0 Å². The van der Waals surface area contributed by atoms with E-state index in [0.717, 1.165) is 25.5 Å². The molecule has 0 bridgehead atoms. The smallest absolute Gasteiger partial charge is 0.194 e. The Kier molecular flexibility index (Phi) is 4.68. The lowest BCUT2D eigenvalue weighted by molar-refractivity contribution is -0.118. The van der Waals surface area contributed by atoms with E-state index in [9.17, 15) is 12.8 Å². The average Bonchev–Trinajstić information content (AvgIpc) is 2.88. The molecule has 5 nitrogen and oxygen atoms in total. The molecule has 1 aromatic heterocycles. The lowest BCUT2D eigenvalue weighted by Gasteiger charge is -2.40. The average molecular weight is 387 g/mol. The number of halogens is 2. The topological polar surface area (TPSA) is 72.0 Å². The minimum atomic E-state index is -3.46. The van der Waals surface area contributed by atoms with Crippen molar-refractivity contribution in [3.8, 4) is 0 Å². The van der Waals surface area contributed by atoms with Crippen LogP contribution >= 0.6 is 11.6 Å². The van der Waals surface area contributed by atoms with Gasteiger partial charge in [-0.15, -0.1) is 0 Å². The number of aromatic nitrogens is 2. The van der Waals surface area contributed by atoms with Gasteiger partial charge in [-0.3, -0.25) is 0 Å². The standard InChI is InChI=1S/C17H20ClFN2O3S/c1-10-16(25(3,22)23)21-15(20-10)14(24-17(2)7-4-8-17)11-5-6-13(19)12(18)9-11/h5-6,9,14H,4,7-8H2,1-3H3,(H,20,21). The Morgan fingerprint density at radius 2 is 2.08 bits per heavy atom. The summed E-state index contributed by atoms with van der Waals surface area (Å²) in [4.78, 5) is 7.25. The first kappa shape index (κ1) is 18.4. The van der Waals surface area contributed by atoms with Gasteiger partial charge in [-0.2, -0.15) is 0 Å². The van der Waals surface area contributed by atoms with E-state index in [1.54, 1.807) is 13.0 Å². The number of aromatic amines is 1. The number of rotatable bonds is 5. The summed E-state index contributed by atoms with van der Waals surface area (Å²) in [6, 6.07) is 4.33. The number of hydrogen-bond acceptors (Lipinski definition) is 4. The summed E-state index contributed by atoms with van der Waals surface area (Å²) >= 11 is 5.92. The zero-order valence-corrected chi connectivity index (χ0v) is 15.8. The van der Waals surface area contributed by atoms with E-state index in [1.165, 1.54) is 12.1 Å². The van der Waals surface area contributed by atoms with Crippen LogP contribution in [-0.4, -0.2) is 30.2 Å². The Hall–Kier alpha value is -1.44. The fraction of sp³-hybridized carbons (Fsp3) is 0.471. The van der Waals surface area contributed by atoms with Gasteiger partial charge in [0.2, 0.25) is 0 Å². The van der Waals surface area contributed by atoms with Crippen LogP contribution in [0.2, 0.25) is 5.02 Å². The molecule has 1 atom stereocenters. The molecule has 1 heterocycles. The Labute approximate surface area is 151 Å². The van der Waals surface area contributed by atoms with Crippen molar-refractivity contribution < 1.29 is 17.5 Å². The van der Waals surface area contributed by atoms with Gasteiger partial charge in [-0.05, 0) is 50.8 Å². The van der Waals surface area contributed by atoms with Crippen molar-refractivity contribution in [1.29, 1.82) is 0 Å². The Morgan fingerprint density at radius 3 is 2.56 bits per heavy atom. The molecule has 0 saturated heterocycles. The highest BCUT2D eigenvalue weighted by atomic mass is 35.5. The molecule has 1 unspecified atom stereocenters. The molecule has 1 fully saturated rings. The maximum Gasteiger partial charge on any atom is 0.194 e. The predicted molar refractivity (Wildman–Crippen MR) is 93.0 cm³/mol. The third-order valence-corrected chi connectivity index (χ3v) is 5.91. The van der Waals surface area contributed by atoms with E-state index in [2.05, 4.69) is 9.97 Å². The van der Waals surface area contributed by atoms with Crippen LogP contribution in [0.3, 0.4) is 0 Å². The Bertz CT molecular complexity index is 907. The van der Waals surface area contributed by atoms with Gasteiger partial charge in [0, 0.05) is 6.26 Å². The molecule has 1 saturated carbocycles. The number of benzene rings is 1. The first-order chi connectivity index (χ1) is 11.6. The van der Waals surface area contributed by atoms with Crippen LogP contribution in [0.4, 0.5) is 4.39 Å². The summed E-state index contributed by atoms with van der Waals surface area (Å²) in [6.07, 6.45) is 3.32. The van der Waals surface area contributed by atoms with Gasteiger partial charge in [0.25, 0.3) is 0 Å². The van der Waals surface area contributed by atoms with E-state index in [1.807, 2.05) is 6.92 Å². The minimum absolute atomic E-state index is 0.0110. The summed E-state index contributed by atoms with van der Waals surface area (Å²) in [5.74, 6) is -0.153. The van der Waals surface area contributed by atoms with E-state index >= 15 is 0 Å². The van der Waals surface area contributed by atoms with Crippen LogP contribution < -0.4 is 0 Å². The SMILES string of the molecule is Cc1[nH]c(C(OC2(C)CCC2)c2ccc(F)c(Cl)c2)nc1S(C)(=O)=O. The van der Waals surface area contributed by atoms with Gasteiger partial charge in [-0.25, -0.2) is 17.8 Å². The molecule has 3 rings (SSSR count). The second kappa shape index (κ2) is 6.37. The molecular weight excluding hydrogens is 367 g/mol. The molecule has 25 heavy (non-hydrogen) atoms. The molecule has 136 valence electrons. The largest absolute Gasteiger partial charge is 0.359 e. The minimum Gasteiger partial charge on any atom is -0.359 e. The fourth-order valence-electron chi connectivity index (χ4n) is 2.99.